The van der Waals surface area contributed by atoms with E-state index < -0.39 is 0 Å². The molecule has 2 rings (SSSR count). The Kier molecular flexibility index (Phi) is 2.60. The van der Waals surface area contributed by atoms with Crippen molar-refractivity contribution in [2.24, 2.45) is 0 Å². The number of hydrogen-bond acceptors (Lipinski definition) is 3. The Labute approximate surface area is 93.1 Å². The standard InChI is InChI=1S/C10H11ClN4/c1-14(2)9-7-15(13-10(9)11)8-4-3-5-12-6-8/h3-7H,1-2H3. The molecule has 0 aliphatic heterocycles. The number of pyridine rings is 1. The fraction of sp³-hybridized carbons (Fsp3) is 0.200. The maximum atomic E-state index is 6.00. The number of halogens is 1. The van der Waals surface area contributed by atoms with Gasteiger partial charge < -0.3 is 4.90 Å². The molecule has 5 heteroatoms. The molecule has 78 valence electrons. The lowest BCUT2D eigenvalue weighted by Crippen LogP contribution is -2.07. The zero-order valence-electron chi connectivity index (χ0n) is 8.55. The first-order chi connectivity index (χ1) is 7.18. The second kappa shape index (κ2) is 3.90. The van der Waals surface area contributed by atoms with E-state index in [-0.39, 0.29) is 0 Å². The molecule has 0 N–H and O–H groups in total. The molecule has 0 radical (unpaired) electrons. The van der Waals surface area contributed by atoms with Gasteiger partial charge in [0, 0.05) is 20.3 Å². The quantitative estimate of drug-likeness (QED) is 0.779. The summed E-state index contributed by atoms with van der Waals surface area (Å²) in [5, 5.41) is 4.69. The lowest BCUT2D eigenvalue weighted by atomic mass is 10.4. The Morgan fingerprint density at radius 2 is 2.20 bits per heavy atom. The first kappa shape index (κ1) is 9.98. The van der Waals surface area contributed by atoms with Gasteiger partial charge in [-0.3, -0.25) is 4.98 Å². The van der Waals surface area contributed by atoms with Gasteiger partial charge in [-0.25, -0.2) is 4.68 Å². The summed E-state index contributed by atoms with van der Waals surface area (Å²) in [7, 11) is 3.85. The average molecular weight is 223 g/mol. The van der Waals surface area contributed by atoms with Crippen LogP contribution in [0.2, 0.25) is 5.15 Å². The highest BCUT2D eigenvalue weighted by Crippen LogP contribution is 2.23. The van der Waals surface area contributed by atoms with E-state index in [4.69, 9.17) is 11.6 Å². The Hall–Kier alpha value is -1.55. The van der Waals surface area contributed by atoms with E-state index in [1.54, 1.807) is 17.1 Å². The van der Waals surface area contributed by atoms with Crippen molar-refractivity contribution in [3.8, 4) is 5.69 Å². The fourth-order valence-corrected chi connectivity index (χ4v) is 1.56. The summed E-state index contributed by atoms with van der Waals surface area (Å²) in [5.74, 6) is 0. The van der Waals surface area contributed by atoms with E-state index in [1.165, 1.54) is 0 Å². The Bertz CT molecular complexity index is 450. The molecule has 2 aromatic rings. The van der Waals surface area contributed by atoms with Gasteiger partial charge in [-0.2, -0.15) is 5.10 Å². The summed E-state index contributed by atoms with van der Waals surface area (Å²) in [5.41, 5.74) is 1.79. The molecule has 0 saturated heterocycles. The van der Waals surface area contributed by atoms with Crippen LogP contribution in [0.15, 0.2) is 30.7 Å². The van der Waals surface area contributed by atoms with Crippen LogP contribution in [0.3, 0.4) is 0 Å². The molecular weight excluding hydrogens is 212 g/mol. The SMILES string of the molecule is CN(C)c1cn(-c2cccnc2)nc1Cl. The van der Waals surface area contributed by atoms with Gasteiger partial charge in [-0.05, 0) is 12.1 Å². The number of aromatic nitrogens is 3. The minimum Gasteiger partial charge on any atom is -0.374 e. The Balaban J connectivity index is 2.43. The Morgan fingerprint density at radius 3 is 2.73 bits per heavy atom. The topological polar surface area (TPSA) is 34.0 Å². The highest BCUT2D eigenvalue weighted by Gasteiger charge is 2.08. The highest BCUT2D eigenvalue weighted by atomic mass is 35.5. The molecule has 0 aromatic carbocycles. The van der Waals surface area contributed by atoms with Crippen LogP contribution in [0.25, 0.3) is 5.69 Å². The van der Waals surface area contributed by atoms with Gasteiger partial charge in [0.15, 0.2) is 5.15 Å². The molecule has 15 heavy (non-hydrogen) atoms. The van der Waals surface area contributed by atoms with Crippen molar-refractivity contribution >= 4 is 17.3 Å². The van der Waals surface area contributed by atoms with Crippen molar-refractivity contribution in [2.75, 3.05) is 19.0 Å². The first-order valence-electron chi connectivity index (χ1n) is 4.51. The van der Waals surface area contributed by atoms with Crippen molar-refractivity contribution in [2.45, 2.75) is 0 Å². The van der Waals surface area contributed by atoms with Crippen molar-refractivity contribution in [3.05, 3.63) is 35.9 Å². The monoisotopic (exact) mass is 222 g/mol. The van der Waals surface area contributed by atoms with Crippen LogP contribution in [0.5, 0.6) is 0 Å². The van der Waals surface area contributed by atoms with Crippen molar-refractivity contribution in [1.29, 1.82) is 0 Å². The van der Waals surface area contributed by atoms with E-state index in [2.05, 4.69) is 10.1 Å². The molecule has 2 heterocycles. The minimum atomic E-state index is 0.490. The van der Waals surface area contributed by atoms with Crippen LogP contribution in [-0.4, -0.2) is 28.9 Å². The van der Waals surface area contributed by atoms with Crippen LogP contribution in [0, 0.1) is 0 Å². The van der Waals surface area contributed by atoms with Gasteiger partial charge >= 0.3 is 0 Å². The molecule has 4 nitrogen and oxygen atoms in total. The molecule has 2 aromatic heterocycles. The van der Waals surface area contributed by atoms with Crippen molar-refractivity contribution in [3.63, 3.8) is 0 Å². The molecule has 0 atom stereocenters. The van der Waals surface area contributed by atoms with Gasteiger partial charge in [0.05, 0.1) is 23.8 Å². The second-order valence-electron chi connectivity index (χ2n) is 3.36. The predicted octanol–water partition coefficient (Wildman–Crippen LogP) is 1.99. The van der Waals surface area contributed by atoms with Crippen LogP contribution >= 0.6 is 11.6 Å². The summed E-state index contributed by atoms with van der Waals surface area (Å²) in [6.07, 6.45) is 5.34. The molecule has 0 spiro atoms. The maximum absolute atomic E-state index is 6.00. The Morgan fingerprint density at radius 1 is 1.40 bits per heavy atom. The zero-order chi connectivity index (χ0) is 10.8. The summed E-state index contributed by atoms with van der Waals surface area (Å²) in [6, 6.07) is 3.79. The van der Waals surface area contributed by atoms with Crippen LogP contribution in [-0.2, 0) is 0 Å². The van der Waals surface area contributed by atoms with E-state index in [1.807, 2.05) is 37.3 Å². The van der Waals surface area contributed by atoms with Crippen LogP contribution in [0.1, 0.15) is 0 Å². The second-order valence-corrected chi connectivity index (χ2v) is 3.71. The van der Waals surface area contributed by atoms with E-state index >= 15 is 0 Å². The normalized spacial score (nSPS) is 10.3. The molecule has 0 amide bonds. The molecule has 0 bridgehead atoms. The van der Waals surface area contributed by atoms with Gasteiger partial charge in [-0.1, -0.05) is 11.6 Å². The fourth-order valence-electron chi connectivity index (χ4n) is 1.27. The molecule has 0 aliphatic rings. The number of anilines is 1. The molecule has 0 aliphatic carbocycles. The van der Waals surface area contributed by atoms with Gasteiger partial charge in [0.2, 0.25) is 0 Å². The van der Waals surface area contributed by atoms with E-state index in [0.29, 0.717) is 5.15 Å². The maximum Gasteiger partial charge on any atom is 0.174 e. The third-order valence-corrected chi connectivity index (χ3v) is 2.31. The number of hydrogen-bond donors (Lipinski definition) is 0. The van der Waals surface area contributed by atoms with Gasteiger partial charge in [0.1, 0.15) is 0 Å². The summed E-state index contributed by atoms with van der Waals surface area (Å²) >= 11 is 6.00. The van der Waals surface area contributed by atoms with Crippen LogP contribution in [0.4, 0.5) is 5.69 Å². The highest BCUT2D eigenvalue weighted by molar-refractivity contribution is 6.32. The lowest BCUT2D eigenvalue weighted by Gasteiger charge is -2.08. The summed E-state index contributed by atoms with van der Waals surface area (Å²) in [6.45, 7) is 0. The number of nitrogens with zero attached hydrogens (tertiary/aromatic N) is 4. The van der Waals surface area contributed by atoms with E-state index in [9.17, 15) is 0 Å². The summed E-state index contributed by atoms with van der Waals surface area (Å²) < 4.78 is 1.71. The number of rotatable bonds is 2. The van der Waals surface area contributed by atoms with E-state index in [0.717, 1.165) is 11.4 Å². The minimum absolute atomic E-state index is 0.490. The smallest absolute Gasteiger partial charge is 0.174 e. The van der Waals surface area contributed by atoms with Crippen molar-refractivity contribution in [1.82, 2.24) is 14.8 Å². The van der Waals surface area contributed by atoms with Gasteiger partial charge in [0.25, 0.3) is 0 Å². The lowest BCUT2D eigenvalue weighted by molar-refractivity contribution is 0.874. The third-order valence-electron chi connectivity index (χ3n) is 2.04. The largest absolute Gasteiger partial charge is 0.374 e. The summed E-state index contributed by atoms with van der Waals surface area (Å²) in [4.78, 5) is 5.95. The molecule has 0 unspecified atom stereocenters. The molecule has 0 saturated carbocycles. The predicted molar refractivity (Wildman–Crippen MR) is 60.7 cm³/mol. The third kappa shape index (κ3) is 1.94. The zero-order valence-corrected chi connectivity index (χ0v) is 9.31. The molecular formula is C10H11ClN4. The first-order valence-corrected chi connectivity index (χ1v) is 4.89. The molecule has 0 fully saturated rings. The van der Waals surface area contributed by atoms with Crippen LogP contribution < -0.4 is 4.90 Å². The van der Waals surface area contributed by atoms with Crippen molar-refractivity contribution < 1.29 is 0 Å². The average Bonchev–Trinajstić information content (AvgIpc) is 2.62. The van der Waals surface area contributed by atoms with Gasteiger partial charge in [-0.15, -0.1) is 0 Å².